The van der Waals surface area contributed by atoms with Crippen LogP contribution in [-0.4, -0.2) is 30.1 Å². The highest BCUT2D eigenvalue weighted by Gasteiger charge is 2.40. The Kier molecular flexibility index (Phi) is 4.93. The zero-order valence-corrected chi connectivity index (χ0v) is 14.6. The minimum Gasteiger partial charge on any atom is -0.502 e. The van der Waals surface area contributed by atoms with Crippen molar-refractivity contribution in [1.29, 1.82) is 0 Å². The topological polar surface area (TPSA) is 76.1 Å². The summed E-state index contributed by atoms with van der Waals surface area (Å²) in [6, 6.07) is 13.3. The van der Waals surface area contributed by atoms with Crippen molar-refractivity contribution in [2.24, 2.45) is 0 Å². The third-order valence-electron chi connectivity index (χ3n) is 3.90. The van der Waals surface area contributed by atoms with Gasteiger partial charge in [-0.1, -0.05) is 18.2 Å². The molecule has 1 heterocycles. The van der Waals surface area contributed by atoms with Crippen molar-refractivity contribution in [3.05, 3.63) is 59.9 Å². The van der Waals surface area contributed by atoms with E-state index in [1.807, 2.05) is 13.8 Å². The number of amides is 2. The van der Waals surface area contributed by atoms with Crippen molar-refractivity contribution < 1.29 is 24.2 Å². The third-order valence-corrected chi connectivity index (χ3v) is 3.90. The van der Waals surface area contributed by atoms with Gasteiger partial charge >= 0.3 is 5.91 Å². The lowest BCUT2D eigenvalue weighted by molar-refractivity contribution is -0.121. The average molecular weight is 353 g/mol. The maximum atomic E-state index is 12.8. The molecule has 3 rings (SSSR count). The van der Waals surface area contributed by atoms with E-state index in [2.05, 4.69) is 0 Å². The SMILES string of the molecule is CCOc1ccc(C2=C(O)C(=O)N(c3cccc(OCC)c3)C2=O)cc1. The first-order chi connectivity index (χ1) is 12.6. The average Bonchev–Trinajstić information content (AvgIpc) is 2.86. The Bertz CT molecular complexity index is 870. The lowest BCUT2D eigenvalue weighted by Crippen LogP contribution is -2.31. The molecular formula is C20H19NO5. The maximum absolute atomic E-state index is 12.8. The molecule has 2 aromatic rings. The minimum absolute atomic E-state index is 0.0279. The molecule has 1 aliphatic rings. The number of benzene rings is 2. The van der Waals surface area contributed by atoms with Crippen molar-refractivity contribution in [3.63, 3.8) is 0 Å². The predicted octanol–water partition coefficient (Wildman–Crippen LogP) is 3.33. The number of ether oxygens (including phenoxy) is 2. The Balaban J connectivity index is 1.93. The molecule has 26 heavy (non-hydrogen) atoms. The van der Waals surface area contributed by atoms with E-state index in [1.165, 1.54) is 0 Å². The number of nitrogens with zero attached hydrogens (tertiary/aromatic N) is 1. The van der Waals surface area contributed by atoms with Crippen LogP contribution in [0.4, 0.5) is 5.69 Å². The summed E-state index contributed by atoms with van der Waals surface area (Å²) in [5.41, 5.74) is 0.770. The number of carbonyl (C=O) groups excluding carboxylic acids is 2. The molecule has 0 radical (unpaired) electrons. The molecule has 1 N–H and O–H groups in total. The van der Waals surface area contributed by atoms with E-state index < -0.39 is 17.6 Å². The van der Waals surface area contributed by atoms with Gasteiger partial charge in [-0.25, -0.2) is 4.90 Å². The molecule has 0 aromatic heterocycles. The Morgan fingerprint density at radius 3 is 2.19 bits per heavy atom. The smallest absolute Gasteiger partial charge is 0.301 e. The molecule has 2 aromatic carbocycles. The van der Waals surface area contributed by atoms with Crippen molar-refractivity contribution in [3.8, 4) is 11.5 Å². The number of hydrogen-bond acceptors (Lipinski definition) is 5. The van der Waals surface area contributed by atoms with E-state index >= 15 is 0 Å². The van der Waals surface area contributed by atoms with Crippen molar-refractivity contribution >= 4 is 23.1 Å². The fraction of sp³-hybridized carbons (Fsp3) is 0.200. The van der Waals surface area contributed by atoms with E-state index in [0.29, 0.717) is 36.0 Å². The molecule has 2 amide bonds. The number of hydrogen-bond donors (Lipinski definition) is 1. The Hall–Kier alpha value is -3.28. The van der Waals surface area contributed by atoms with Crippen molar-refractivity contribution in [2.45, 2.75) is 13.8 Å². The van der Waals surface area contributed by atoms with E-state index in [0.717, 1.165) is 4.90 Å². The summed E-state index contributed by atoms with van der Waals surface area (Å²) in [5, 5.41) is 10.3. The third kappa shape index (κ3) is 3.13. The molecule has 0 fully saturated rings. The monoisotopic (exact) mass is 353 g/mol. The van der Waals surface area contributed by atoms with Crippen LogP contribution in [0.25, 0.3) is 5.57 Å². The van der Waals surface area contributed by atoms with Crippen molar-refractivity contribution in [2.75, 3.05) is 18.1 Å². The molecule has 1 aliphatic heterocycles. The van der Waals surface area contributed by atoms with Gasteiger partial charge in [0.05, 0.1) is 24.5 Å². The van der Waals surface area contributed by atoms with Crippen LogP contribution in [0.1, 0.15) is 19.4 Å². The minimum atomic E-state index is -0.757. The zero-order valence-electron chi connectivity index (χ0n) is 14.6. The summed E-state index contributed by atoms with van der Waals surface area (Å²) >= 11 is 0. The van der Waals surface area contributed by atoms with E-state index in [1.54, 1.807) is 48.5 Å². The molecule has 0 bridgehead atoms. The van der Waals surface area contributed by atoms with E-state index in [-0.39, 0.29) is 5.57 Å². The first-order valence-corrected chi connectivity index (χ1v) is 8.35. The number of anilines is 1. The van der Waals surface area contributed by atoms with Gasteiger partial charge in [-0.2, -0.15) is 0 Å². The van der Waals surface area contributed by atoms with Crippen LogP contribution in [0.3, 0.4) is 0 Å². The number of carbonyl (C=O) groups is 2. The van der Waals surface area contributed by atoms with Gasteiger partial charge in [-0.05, 0) is 43.7 Å². The second kappa shape index (κ2) is 7.31. The number of rotatable bonds is 6. The summed E-state index contributed by atoms with van der Waals surface area (Å²) in [6.45, 7) is 4.70. The van der Waals surface area contributed by atoms with Gasteiger partial charge in [0.25, 0.3) is 5.91 Å². The van der Waals surface area contributed by atoms with Gasteiger partial charge in [0.1, 0.15) is 11.5 Å². The normalized spacial score (nSPS) is 14.2. The molecule has 0 saturated carbocycles. The molecule has 134 valence electrons. The van der Waals surface area contributed by atoms with E-state index in [4.69, 9.17) is 9.47 Å². The summed E-state index contributed by atoms with van der Waals surface area (Å²) in [7, 11) is 0. The van der Waals surface area contributed by atoms with Crippen LogP contribution in [0.2, 0.25) is 0 Å². The highest BCUT2D eigenvalue weighted by molar-refractivity contribution is 6.44. The summed E-state index contributed by atoms with van der Waals surface area (Å²) in [4.78, 5) is 26.2. The van der Waals surface area contributed by atoms with Gasteiger partial charge in [-0.15, -0.1) is 0 Å². The summed E-state index contributed by atoms with van der Waals surface area (Å²) in [6.07, 6.45) is 0. The quantitative estimate of drug-likeness (QED) is 0.806. The van der Waals surface area contributed by atoms with Crippen LogP contribution in [0, 0.1) is 0 Å². The molecule has 0 spiro atoms. The maximum Gasteiger partial charge on any atom is 0.301 e. The summed E-state index contributed by atoms with van der Waals surface area (Å²) in [5.74, 6) is -0.715. The van der Waals surface area contributed by atoms with Gasteiger partial charge in [0.2, 0.25) is 0 Å². The molecule has 0 saturated heterocycles. The van der Waals surface area contributed by atoms with Crippen LogP contribution >= 0.6 is 0 Å². The van der Waals surface area contributed by atoms with Crippen LogP contribution in [-0.2, 0) is 9.59 Å². The first kappa shape index (κ1) is 17.5. The molecular weight excluding hydrogens is 334 g/mol. The molecule has 0 atom stereocenters. The summed E-state index contributed by atoms with van der Waals surface area (Å²) < 4.78 is 10.8. The molecule has 0 unspecified atom stereocenters. The zero-order chi connectivity index (χ0) is 18.7. The van der Waals surface area contributed by atoms with E-state index in [9.17, 15) is 14.7 Å². The molecule has 6 nitrogen and oxygen atoms in total. The van der Waals surface area contributed by atoms with Crippen molar-refractivity contribution in [1.82, 2.24) is 0 Å². The Morgan fingerprint density at radius 2 is 1.54 bits per heavy atom. The van der Waals surface area contributed by atoms with Gasteiger partial charge < -0.3 is 14.6 Å². The number of imide groups is 1. The van der Waals surface area contributed by atoms with Gasteiger partial charge in [-0.3, -0.25) is 9.59 Å². The highest BCUT2D eigenvalue weighted by atomic mass is 16.5. The van der Waals surface area contributed by atoms with Crippen LogP contribution in [0.5, 0.6) is 11.5 Å². The van der Waals surface area contributed by atoms with Crippen LogP contribution in [0.15, 0.2) is 54.3 Å². The predicted molar refractivity (Wildman–Crippen MR) is 97.3 cm³/mol. The number of aliphatic hydroxyl groups excluding tert-OH is 1. The standard InChI is InChI=1S/C20H19NO5/c1-3-25-15-10-8-13(9-11-15)17-18(22)20(24)21(19(17)23)14-6-5-7-16(12-14)26-4-2/h5-12,22H,3-4H2,1-2H3. The van der Waals surface area contributed by atoms with Gasteiger partial charge in [0.15, 0.2) is 5.76 Å². The second-order valence-electron chi connectivity index (χ2n) is 5.56. The Morgan fingerprint density at radius 1 is 0.885 bits per heavy atom. The Labute approximate surface area is 151 Å². The number of aliphatic hydroxyl groups is 1. The first-order valence-electron chi connectivity index (χ1n) is 8.35. The lowest BCUT2D eigenvalue weighted by Gasteiger charge is -2.15. The molecule has 6 heteroatoms. The molecule has 0 aliphatic carbocycles. The lowest BCUT2D eigenvalue weighted by atomic mass is 10.1. The fourth-order valence-electron chi connectivity index (χ4n) is 2.78. The fourth-order valence-corrected chi connectivity index (χ4v) is 2.78. The second-order valence-corrected chi connectivity index (χ2v) is 5.56. The largest absolute Gasteiger partial charge is 0.502 e. The van der Waals surface area contributed by atoms with Gasteiger partial charge in [0, 0.05) is 6.07 Å². The highest BCUT2D eigenvalue weighted by Crippen LogP contribution is 2.33. The van der Waals surface area contributed by atoms with Crippen LogP contribution < -0.4 is 14.4 Å².